The molecule has 1 amide bonds. The number of anilines is 1. The Morgan fingerprint density at radius 1 is 1.42 bits per heavy atom. The number of fused-ring (bicyclic) bond motifs is 1. The quantitative estimate of drug-likeness (QED) is 0.785. The van der Waals surface area contributed by atoms with Gasteiger partial charge >= 0.3 is 0 Å². The second-order valence-electron chi connectivity index (χ2n) is 6.51. The molecule has 7 heteroatoms. The standard InChI is InChI=1S/C19H19N5O2/c1-13-21-16(11-26-13)19(25)22-14-4-3-8-23(10-14)17-5-2-6-18-15(17)7-9-24(18)12-20/h2,5-7,9,11,14H,3-4,8,10H2,1H3,(H,22,25)/t14-/m1/s1. The summed E-state index contributed by atoms with van der Waals surface area (Å²) in [7, 11) is 0. The van der Waals surface area contributed by atoms with Crippen molar-refractivity contribution >= 4 is 22.5 Å². The van der Waals surface area contributed by atoms with Crippen molar-refractivity contribution in [1.29, 1.82) is 5.26 Å². The van der Waals surface area contributed by atoms with Gasteiger partial charge in [0.1, 0.15) is 6.26 Å². The summed E-state index contributed by atoms with van der Waals surface area (Å²) in [6, 6.07) is 7.98. The van der Waals surface area contributed by atoms with E-state index < -0.39 is 0 Å². The van der Waals surface area contributed by atoms with Gasteiger partial charge in [0.25, 0.3) is 5.91 Å². The number of hydrogen-bond acceptors (Lipinski definition) is 5. The van der Waals surface area contributed by atoms with Gasteiger partial charge in [0.05, 0.1) is 5.52 Å². The Morgan fingerprint density at radius 2 is 2.31 bits per heavy atom. The molecule has 3 heterocycles. The summed E-state index contributed by atoms with van der Waals surface area (Å²) >= 11 is 0. The van der Waals surface area contributed by atoms with Crippen LogP contribution in [0.15, 0.2) is 41.1 Å². The van der Waals surface area contributed by atoms with Gasteiger partial charge < -0.3 is 14.6 Å². The summed E-state index contributed by atoms with van der Waals surface area (Å²) in [5.74, 6) is 0.275. The molecule has 1 saturated heterocycles. The van der Waals surface area contributed by atoms with Crippen LogP contribution in [0.3, 0.4) is 0 Å². The molecule has 3 aromatic rings. The van der Waals surface area contributed by atoms with Crippen molar-refractivity contribution in [3.05, 3.63) is 48.3 Å². The number of carbonyl (C=O) groups excluding carboxylic acids is 1. The number of nitrogens with zero attached hydrogens (tertiary/aromatic N) is 4. The first-order chi connectivity index (χ1) is 12.7. The fraction of sp³-hybridized carbons (Fsp3) is 0.316. The Balaban J connectivity index is 1.53. The molecule has 1 aliphatic rings. The predicted molar refractivity (Wildman–Crippen MR) is 96.9 cm³/mol. The summed E-state index contributed by atoms with van der Waals surface area (Å²) in [6.45, 7) is 3.36. The predicted octanol–water partition coefficient (Wildman–Crippen LogP) is 2.67. The molecule has 0 aliphatic carbocycles. The topological polar surface area (TPSA) is 87.1 Å². The highest BCUT2D eigenvalue weighted by Crippen LogP contribution is 2.29. The lowest BCUT2D eigenvalue weighted by Gasteiger charge is -2.35. The van der Waals surface area contributed by atoms with Crippen LogP contribution in [0.5, 0.6) is 0 Å². The zero-order chi connectivity index (χ0) is 18.1. The molecule has 0 bridgehead atoms. The fourth-order valence-electron chi connectivity index (χ4n) is 3.56. The fourth-order valence-corrected chi connectivity index (χ4v) is 3.56. The van der Waals surface area contributed by atoms with Crippen molar-refractivity contribution in [2.45, 2.75) is 25.8 Å². The van der Waals surface area contributed by atoms with E-state index >= 15 is 0 Å². The molecule has 132 valence electrons. The van der Waals surface area contributed by atoms with Crippen LogP contribution < -0.4 is 10.2 Å². The summed E-state index contributed by atoms with van der Waals surface area (Å²) in [5, 5.41) is 13.3. The molecule has 1 fully saturated rings. The van der Waals surface area contributed by atoms with Crippen molar-refractivity contribution < 1.29 is 9.21 Å². The molecule has 7 nitrogen and oxygen atoms in total. The van der Waals surface area contributed by atoms with Gasteiger partial charge in [-0.25, -0.2) is 4.98 Å². The maximum atomic E-state index is 12.3. The molecule has 4 rings (SSSR count). The minimum Gasteiger partial charge on any atom is -0.448 e. The molecular weight excluding hydrogens is 330 g/mol. The molecule has 26 heavy (non-hydrogen) atoms. The summed E-state index contributed by atoms with van der Waals surface area (Å²) in [4.78, 5) is 18.7. The third kappa shape index (κ3) is 2.90. The first kappa shape index (κ1) is 16.2. The average Bonchev–Trinajstić information content (AvgIpc) is 3.27. The van der Waals surface area contributed by atoms with Crippen LogP contribution in [-0.2, 0) is 0 Å². The number of hydrogen-bond donors (Lipinski definition) is 1. The van der Waals surface area contributed by atoms with Crippen molar-refractivity contribution in [2.75, 3.05) is 18.0 Å². The SMILES string of the molecule is Cc1nc(C(=O)N[C@@H]2CCCN(c3cccc4c3ccn4C#N)C2)co1. The summed E-state index contributed by atoms with van der Waals surface area (Å²) in [6.07, 6.45) is 7.24. The van der Waals surface area contributed by atoms with E-state index in [1.54, 1.807) is 17.7 Å². The van der Waals surface area contributed by atoms with Crippen molar-refractivity contribution in [3.8, 4) is 6.19 Å². The average molecular weight is 349 g/mol. The third-order valence-corrected chi connectivity index (χ3v) is 4.77. The molecule has 0 spiro atoms. The van der Waals surface area contributed by atoms with Gasteiger partial charge in [-0.1, -0.05) is 6.07 Å². The van der Waals surface area contributed by atoms with E-state index in [1.165, 1.54) is 6.26 Å². The Kier molecular flexibility index (Phi) is 4.09. The lowest BCUT2D eigenvalue weighted by atomic mass is 10.0. The van der Waals surface area contributed by atoms with Crippen LogP contribution in [-0.4, -0.2) is 34.6 Å². The van der Waals surface area contributed by atoms with E-state index in [4.69, 9.17) is 4.42 Å². The Morgan fingerprint density at radius 3 is 3.08 bits per heavy atom. The number of aromatic nitrogens is 2. The second-order valence-corrected chi connectivity index (χ2v) is 6.51. The maximum Gasteiger partial charge on any atom is 0.273 e. The normalized spacial score (nSPS) is 17.2. The number of carbonyl (C=O) groups is 1. The number of oxazole rings is 1. The van der Waals surface area contributed by atoms with E-state index in [2.05, 4.69) is 27.5 Å². The van der Waals surface area contributed by atoms with Gasteiger partial charge in [-0.05, 0) is 31.0 Å². The van der Waals surface area contributed by atoms with Crippen LogP contribution in [0.2, 0.25) is 0 Å². The van der Waals surface area contributed by atoms with E-state index in [1.807, 2.05) is 18.2 Å². The van der Waals surface area contributed by atoms with Gasteiger partial charge in [0.2, 0.25) is 0 Å². The van der Waals surface area contributed by atoms with E-state index in [0.29, 0.717) is 11.6 Å². The molecule has 0 unspecified atom stereocenters. The minimum absolute atomic E-state index is 0.0431. The molecule has 2 aromatic heterocycles. The van der Waals surface area contributed by atoms with Gasteiger partial charge in [-0.15, -0.1) is 0 Å². The molecule has 1 atom stereocenters. The van der Waals surface area contributed by atoms with E-state index in [0.717, 1.165) is 42.5 Å². The highest BCUT2D eigenvalue weighted by atomic mass is 16.3. The highest BCUT2D eigenvalue weighted by Gasteiger charge is 2.24. The van der Waals surface area contributed by atoms with Gasteiger partial charge in [-0.3, -0.25) is 9.36 Å². The zero-order valence-corrected chi connectivity index (χ0v) is 14.5. The number of nitriles is 1. The number of aryl methyl sites for hydroxylation is 1. The Bertz CT molecular complexity index is 997. The minimum atomic E-state index is -0.206. The second kappa shape index (κ2) is 6.56. The molecular formula is C19H19N5O2. The Labute approximate surface area is 150 Å². The Hall–Kier alpha value is -3.27. The molecule has 1 aromatic carbocycles. The van der Waals surface area contributed by atoms with Gasteiger partial charge in [-0.2, -0.15) is 5.26 Å². The first-order valence-corrected chi connectivity index (χ1v) is 8.64. The monoisotopic (exact) mass is 349 g/mol. The van der Waals surface area contributed by atoms with Crippen molar-refractivity contribution in [3.63, 3.8) is 0 Å². The molecule has 1 N–H and O–H groups in total. The van der Waals surface area contributed by atoms with Gasteiger partial charge in [0, 0.05) is 43.3 Å². The molecule has 1 aliphatic heterocycles. The molecule has 0 radical (unpaired) electrons. The van der Waals surface area contributed by atoms with Crippen molar-refractivity contribution in [2.24, 2.45) is 0 Å². The lowest BCUT2D eigenvalue weighted by Crippen LogP contribution is -2.48. The van der Waals surface area contributed by atoms with Crippen LogP contribution >= 0.6 is 0 Å². The highest BCUT2D eigenvalue weighted by molar-refractivity contribution is 5.94. The van der Waals surface area contributed by atoms with Crippen LogP contribution in [0, 0.1) is 18.4 Å². The number of piperidine rings is 1. The molecule has 0 saturated carbocycles. The van der Waals surface area contributed by atoms with Crippen molar-refractivity contribution in [1.82, 2.24) is 14.9 Å². The summed E-state index contributed by atoms with van der Waals surface area (Å²) in [5.41, 5.74) is 2.30. The number of nitrogens with one attached hydrogen (secondary N) is 1. The van der Waals surface area contributed by atoms with Crippen LogP contribution in [0.1, 0.15) is 29.2 Å². The van der Waals surface area contributed by atoms with Crippen LogP contribution in [0.4, 0.5) is 5.69 Å². The number of amides is 1. The van der Waals surface area contributed by atoms with Crippen LogP contribution in [0.25, 0.3) is 10.9 Å². The van der Waals surface area contributed by atoms with Gasteiger partial charge in [0.15, 0.2) is 17.8 Å². The maximum absolute atomic E-state index is 12.3. The van der Waals surface area contributed by atoms with E-state index in [-0.39, 0.29) is 11.9 Å². The number of benzene rings is 1. The largest absolute Gasteiger partial charge is 0.448 e. The number of rotatable bonds is 3. The lowest BCUT2D eigenvalue weighted by molar-refractivity contribution is 0.0928. The third-order valence-electron chi connectivity index (χ3n) is 4.77. The van der Waals surface area contributed by atoms with E-state index in [9.17, 15) is 10.1 Å². The first-order valence-electron chi connectivity index (χ1n) is 8.64. The smallest absolute Gasteiger partial charge is 0.273 e. The zero-order valence-electron chi connectivity index (χ0n) is 14.5. The summed E-state index contributed by atoms with van der Waals surface area (Å²) < 4.78 is 6.68.